The first-order valence-corrected chi connectivity index (χ1v) is 12.1. The Morgan fingerprint density at radius 1 is 1.17 bits per heavy atom. The predicted molar refractivity (Wildman–Crippen MR) is 122 cm³/mol. The van der Waals surface area contributed by atoms with Crippen LogP contribution in [0.3, 0.4) is 0 Å². The fourth-order valence-electron chi connectivity index (χ4n) is 3.12. The number of fused-ring (bicyclic) bond motifs is 2. The van der Waals surface area contributed by atoms with Crippen LogP contribution in [0.25, 0.3) is 21.2 Å². The zero-order chi connectivity index (χ0) is 24.7. The van der Waals surface area contributed by atoms with Crippen LogP contribution in [0.5, 0.6) is 17.2 Å². The van der Waals surface area contributed by atoms with E-state index in [0.29, 0.717) is 37.7 Å². The van der Waals surface area contributed by atoms with Crippen LogP contribution in [0, 0.1) is 0 Å². The molecule has 0 spiro atoms. The van der Waals surface area contributed by atoms with Gasteiger partial charge in [-0.2, -0.15) is 0 Å². The number of rotatable bonds is 7. The van der Waals surface area contributed by atoms with E-state index in [4.69, 9.17) is 18.6 Å². The third kappa shape index (κ3) is 6.66. The van der Waals surface area contributed by atoms with Crippen molar-refractivity contribution in [1.82, 2.24) is 4.98 Å². The van der Waals surface area contributed by atoms with E-state index in [1.54, 1.807) is 39.0 Å². The van der Waals surface area contributed by atoms with E-state index in [1.807, 2.05) is 0 Å². The molecule has 4 rings (SSSR count). The fraction of sp³-hybridized carbons (Fsp3) is 0.273. The van der Waals surface area contributed by atoms with Gasteiger partial charge in [-0.1, -0.05) is 0 Å². The number of hydrogen-bond acceptors (Lipinski definition) is 11. The Labute approximate surface area is 227 Å². The van der Waals surface area contributed by atoms with E-state index in [2.05, 4.69) is 9.17 Å². The number of methoxy groups -OCH3 is 1. The van der Waals surface area contributed by atoms with Crippen LogP contribution >= 0.6 is 11.3 Å². The van der Waals surface area contributed by atoms with Crippen molar-refractivity contribution >= 4 is 48.9 Å². The number of esters is 1. The van der Waals surface area contributed by atoms with Crippen LogP contribution in [0.2, 0.25) is 0 Å². The SMILES string of the molecule is COc1cc2occ(C(=O)OC(C)(C)C)c2cc1OCc1nc2ccc(OS(=O)(=O)[O-])cc2s1.[Na+]. The summed E-state index contributed by atoms with van der Waals surface area (Å²) in [6.45, 7) is 5.39. The van der Waals surface area contributed by atoms with Gasteiger partial charge in [0.1, 0.15) is 40.4 Å². The predicted octanol–water partition coefficient (Wildman–Crippen LogP) is 1.43. The third-order valence-corrected chi connectivity index (χ3v) is 5.82. The molecular weight excluding hydrogens is 509 g/mol. The topological polar surface area (TPSA) is 137 Å². The minimum atomic E-state index is -4.87. The number of furan rings is 1. The number of benzene rings is 2. The van der Waals surface area contributed by atoms with E-state index in [9.17, 15) is 17.8 Å². The Morgan fingerprint density at radius 2 is 1.91 bits per heavy atom. The van der Waals surface area contributed by atoms with Gasteiger partial charge in [-0.15, -0.1) is 11.3 Å². The Hall–Kier alpha value is -2.35. The van der Waals surface area contributed by atoms with Gasteiger partial charge in [0.15, 0.2) is 11.5 Å². The number of carbonyl (C=O) groups is 1. The van der Waals surface area contributed by atoms with Gasteiger partial charge in [-0.25, -0.2) is 18.2 Å². The van der Waals surface area contributed by atoms with E-state index in [0.717, 1.165) is 0 Å². The van der Waals surface area contributed by atoms with Crippen LogP contribution in [0.1, 0.15) is 36.1 Å². The fourth-order valence-corrected chi connectivity index (χ4v) is 4.37. The van der Waals surface area contributed by atoms with Gasteiger partial charge in [-0.3, -0.25) is 0 Å². The van der Waals surface area contributed by atoms with Crippen molar-refractivity contribution in [2.75, 3.05) is 7.11 Å². The molecular formula is C22H20NNaO9S2. The molecule has 0 N–H and O–H groups in total. The van der Waals surface area contributed by atoms with E-state index in [-0.39, 0.29) is 47.5 Å². The molecule has 2 aromatic heterocycles. The third-order valence-electron chi connectivity index (χ3n) is 4.43. The van der Waals surface area contributed by atoms with Crippen molar-refractivity contribution in [2.24, 2.45) is 0 Å². The molecule has 0 bridgehead atoms. The molecule has 2 aromatic carbocycles. The summed E-state index contributed by atoms with van der Waals surface area (Å²) in [4.78, 5) is 17.0. The second kappa shape index (κ2) is 10.3. The summed E-state index contributed by atoms with van der Waals surface area (Å²) in [6.07, 6.45) is 1.33. The number of hydrogen-bond donors (Lipinski definition) is 0. The van der Waals surface area contributed by atoms with Crippen molar-refractivity contribution < 1.29 is 70.1 Å². The number of ether oxygens (including phenoxy) is 3. The average Bonchev–Trinajstić information content (AvgIpc) is 3.31. The molecule has 2 heterocycles. The van der Waals surface area contributed by atoms with Crippen LogP contribution in [-0.2, 0) is 21.7 Å². The summed E-state index contributed by atoms with van der Waals surface area (Å²) >= 11 is 1.24. The molecule has 13 heteroatoms. The Morgan fingerprint density at radius 3 is 2.57 bits per heavy atom. The molecule has 35 heavy (non-hydrogen) atoms. The number of aromatic nitrogens is 1. The summed E-state index contributed by atoms with van der Waals surface area (Å²) in [5.41, 5.74) is 0.620. The molecule has 0 amide bonds. The number of thiazole rings is 1. The first-order chi connectivity index (χ1) is 15.9. The van der Waals surface area contributed by atoms with Gasteiger partial charge >= 0.3 is 35.5 Å². The minimum absolute atomic E-state index is 0. The van der Waals surface area contributed by atoms with Gasteiger partial charge in [-0.05, 0) is 39.0 Å². The van der Waals surface area contributed by atoms with Gasteiger partial charge in [0.25, 0.3) is 10.4 Å². The molecule has 0 saturated carbocycles. The molecule has 10 nitrogen and oxygen atoms in total. The monoisotopic (exact) mass is 529 g/mol. The van der Waals surface area contributed by atoms with Crippen LogP contribution in [0.15, 0.2) is 41.0 Å². The maximum absolute atomic E-state index is 12.6. The van der Waals surface area contributed by atoms with Gasteiger partial charge in [0.05, 0.1) is 17.3 Å². The van der Waals surface area contributed by atoms with Crippen molar-refractivity contribution in [3.8, 4) is 17.2 Å². The van der Waals surface area contributed by atoms with Gasteiger partial charge in [0.2, 0.25) is 0 Å². The van der Waals surface area contributed by atoms with Crippen LogP contribution in [0.4, 0.5) is 0 Å². The molecule has 0 aliphatic heterocycles. The number of nitrogens with zero attached hydrogens (tertiary/aromatic N) is 1. The Bertz CT molecular complexity index is 1490. The summed E-state index contributed by atoms with van der Waals surface area (Å²) < 4.78 is 59.7. The smallest absolute Gasteiger partial charge is 0.716 e. The first kappa shape index (κ1) is 27.2. The maximum atomic E-state index is 12.6. The second-order valence-electron chi connectivity index (χ2n) is 8.17. The van der Waals surface area contributed by atoms with Crippen molar-refractivity contribution in [2.45, 2.75) is 33.0 Å². The summed E-state index contributed by atoms with van der Waals surface area (Å²) in [6, 6.07) is 7.55. The van der Waals surface area contributed by atoms with Crippen molar-refractivity contribution in [3.05, 3.63) is 47.2 Å². The van der Waals surface area contributed by atoms with Gasteiger partial charge < -0.3 is 27.4 Å². The second-order valence-corrected chi connectivity index (χ2v) is 10.3. The van der Waals surface area contributed by atoms with E-state index >= 15 is 0 Å². The summed E-state index contributed by atoms with van der Waals surface area (Å²) in [5.74, 6) is 0.143. The zero-order valence-electron chi connectivity index (χ0n) is 19.6. The van der Waals surface area contributed by atoms with Crippen molar-refractivity contribution in [3.63, 3.8) is 0 Å². The Kier molecular flexibility index (Phi) is 8.04. The standard InChI is InChI=1S/C22H21NO9S2.Na/c1-22(2,3)31-21(24)14-10-29-16-9-17(28-4)18(8-13(14)16)30-11-20-23-15-6-5-12(7-19(15)33-20)32-34(25,26)27;/h5-10H,11H2,1-4H3,(H,25,26,27);/q;+1/p-1. The first-order valence-electron chi connectivity index (χ1n) is 9.92. The maximum Gasteiger partial charge on any atom is 1.00 e. The van der Waals surface area contributed by atoms with E-state index < -0.39 is 22.0 Å². The average molecular weight is 530 g/mol. The quantitative estimate of drug-likeness (QED) is 0.150. The normalized spacial score (nSPS) is 11.8. The van der Waals surface area contributed by atoms with Crippen molar-refractivity contribution in [1.29, 1.82) is 0 Å². The van der Waals surface area contributed by atoms with E-state index in [1.165, 1.54) is 36.8 Å². The molecule has 0 fully saturated rings. The van der Waals surface area contributed by atoms with Crippen LogP contribution < -0.4 is 43.2 Å². The minimum Gasteiger partial charge on any atom is -0.716 e. The molecule has 0 unspecified atom stereocenters. The zero-order valence-corrected chi connectivity index (χ0v) is 23.2. The molecule has 0 radical (unpaired) electrons. The largest absolute Gasteiger partial charge is 1.00 e. The Balaban J connectivity index is 0.00000342. The molecule has 0 atom stereocenters. The molecule has 0 aliphatic carbocycles. The molecule has 4 aromatic rings. The van der Waals surface area contributed by atoms with Gasteiger partial charge in [0, 0.05) is 17.5 Å². The molecule has 0 aliphatic rings. The summed E-state index contributed by atoms with van der Waals surface area (Å²) in [5, 5.41) is 1.09. The van der Waals surface area contributed by atoms with Crippen LogP contribution in [-0.4, -0.2) is 36.6 Å². The molecule has 0 saturated heterocycles. The summed E-state index contributed by atoms with van der Waals surface area (Å²) in [7, 11) is -3.39. The number of carbonyl (C=O) groups excluding carboxylic acids is 1. The molecule has 180 valence electrons.